The fourth-order valence-corrected chi connectivity index (χ4v) is 13.6. The first kappa shape index (κ1) is 34.3. The number of hydrogen-bond acceptors (Lipinski definition) is 6. The van der Waals surface area contributed by atoms with Gasteiger partial charge in [-0.1, -0.05) is 55.4 Å². The highest BCUT2D eigenvalue weighted by molar-refractivity contribution is 5.86. The van der Waals surface area contributed by atoms with E-state index in [9.17, 15) is 10.2 Å². The van der Waals surface area contributed by atoms with Crippen molar-refractivity contribution in [2.45, 2.75) is 125 Å². The maximum atomic E-state index is 15.2. The molecule has 258 valence electrons. The van der Waals surface area contributed by atoms with Crippen molar-refractivity contribution in [2.75, 3.05) is 39.8 Å². The summed E-state index contributed by atoms with van der Waals surface area (Å²) in [5.74, 6) is 3.00. The number of piperazine rings is 1. The van der Waals surface area contributed by atoms with Gasteiger partial charge in [-0.05, 0) is 105 Å². The Kier molecular flexibility index (Phi) is 9.24. The summed E-state index contributed by atoms with van der Waals surface area (Å²) in [5.41, 5.74) is -0.532. The van der Waals surface area contributed by atoms with Crippen LogP contribution in [0.15, 0.2) is 0 Å². The number of aliphatic hydroxyl groups excluding tert-OH is 2. The van der Waals surface area contributed by atoms with Crippen molar-refractivity contribution in [3.05, 3.63) is 0 Å². The van der Waals surface area contributed by atoms with Crippen LogP contribution in [0, 0.1) is 75.4 Å². The van der Waals surface area contributed by atoms with E-state index >= 15 is 4.79 Å². The summed E-state index contributed by atoms with van der Waals surface area (Å²) >= 11 is 0. The molecule has 0 amide bonds. The van der Waals surface area contributed by atoms with Gasteiger partial charge in [-0.15, -0.1) is 0 Å². The van der Waals surface area contributed by atoms with E-state index < -0.39 is 17.6 Å². The largest absolute Gasteiger partial charge is 0.393 e. The highest BCUT2D eigenvalue weighted by Crippen LogP contribution is 2.72. The minimum absolute atomic E-state index is 0.0435. The topological polar surface area (TPSA) is 73.2 Å². The summed E-state index contributed by atoms with van der Waals surface area (Å²) in [7, 11) is 2.22. The number of rotatable bonds is 5. The molecule has 45 heavy (non-hydrogen) atoms. The van der Waals surface area contributed by atoms with Crippen LogP contribution in [0.2, 0.25) is 0 Å². The Bertz CT molecular complexity index is 1090. The van der Waals surface area contributed by atoms with Crippen LogP contribution in [0.3, 0.4) is 0 Å². The Balaban J connectivity index is 1.26. The fourth-order valence-electron chi connectivity index (χ4n) is 13.6. The van der Waals surface area contributed by atoms with Crippen LogP contribution in [0.4, 0.5) is 0 Å². The molecular formula is C39H68N2O4. The Morgan fingerprint density at radius 3 is 2.27 bits per heavy atom. The summed E-state index contributed by atoms with van der Waals surface area (Å²) < 4.78 is 6.93. The lowest BCUT2D eigenvalue weighted by Crippen LogP contribution is -2.70. The number of carbonyl (C=O) groups excluding carboxylic acids is 1. The van der Waals surface area contributed by atoms with Crippen LogP contribution < -0.4 is 0 Å². The number of ether oxygens (including phenoxy) is 1. The van der Waals surface area contributed by atoms with Gasteiger partial charge in [0.05, 0.1) is 24.4 Å². The van der Waals surface area contributed by atoms with Crippen LogP contribution >= 0.6 is 0 Å². The predicted molar refractivity (Wildman–Crippen MR) is 181 cm³/mol. The second kappa shape index (κ2) is 12.1. The number of ketones is 1. The van der Waals surface area contributed by atoms with Crippen molar-refractivity contribution < 1.29 is 19.7 Å². The second-order valence-corrected chi connectivity index (χ2v) is 18.8. The number of carbonyl (C=O) groups is 1. The summed E-state index contributed by atoms with van der Waals surface area (Å²) in [6.07, 6.45) is 6.01. The first-order valence-corrected chi connectivity index (χ1v) is 19.0. The smallest absolute Gasteiger partial charge is 0.140 e. The molecule has 6 fully saturated rings. The fraction of sp³-hybridized carbons (Fsp3) is 0.974. The molecule has 2 heterocycles. The minimum Gasteiger partial charge on any atom is -0.393 e. The molecule has 0 radical (unpaired) electrons. The van der Waals surface area contributed by atoms with E-state index in [1.165, 1.54) is 6.42 Å². The van der Waals surface area contributed by atoms with Crippen molar-refractivity contribution in [2.24, 2.45) is 75.4 Å². The molecular weight excluding hydrogens is 560 g/mol. The van der Waals surface area contributed by atoms with E-state index in [0.29, 0.717) is 41.5 Å². The Labute approximate surface area is 275 Å². The van der Waals surface area contributed by atoms with E-state index in [-0.39, 0.29) is 46.5 Å². The van der Waals surface area contributed by atoms with Gasteiger partial charge in [0.1, 0.15) is 5.78 Å². The first-order chi connectivity index (χ1) is 21.0. The van der Waals surface area contributed by atoms with E-state index in [4.69, 9.17) is 4.74 Å². The van der Waals surface area contributed by atoms with Crippen molar-refractivity contribution in [3.8, 4) is 0 Å². The van der Waals surface area contributed by atoms with Gasteiger partial charge in [-0.2, -0.15) is 0 Å². The lowest BCUT2D eigenvalue weighted by molar-refractivity contribution is -0.253. The number of fused-ring (bicyclic) bond motifs is 3. The molecule has 6 heteroatoms. The van der Waals surface area contributed by atoms with Crippen molar-refractivity contribution in [3.63, 3.8) is 0 Å². The van der Waals surface area contributed by atoms with Crippen molar-refractivity contribution in [1.29, 1.82) is 0 Å². The van der Waals surface area contributed by atoms with Crippen molar-refractivity contribution >= 4 is 5.78 Å². The molecule has 0 spiro atoms. The maximum absolute atomic E-state index is 15.2. The Morgan fingerprint density at radius 2 is 1.64 bits per heavy atom. The number of hydrogen-bond donors (Lipinski definition) is 2. The van der Waals surface area contributed by atoms with Crippen LogP contribution in [0.1, 0.15) is 101 Å². The van der Waals surface area contributed by atoms with Gasteiger partial charge in [0.25, 0.3) is 0 Å². The SMILES string of the molecule is CC(C)C1CC(C2CCC(CN3CCN(C)CC3)O2)C(C)C2C(=O)C3C(C)C4(C)C(O)C(C(C)O)C(C)CC4(C)CC3(C)CC12. The first-order valence-electron chi connectivity index (χ1n) is 19.0. The van der Waals surface area contributed by atoms with Gasteiger partial charge in [-0.3, -0.25) is 9.69 Å². The third-order valence-corrected chi connectivity index (χ3v) is 15.9. The molecule has 16 atom stereocenters. The average molecular weight is 629 g/mol. The molecule has 6 nitrogen and oxygen atoms in total. The van der Waals surface area contributed by atoms with Gasteiger partial charge in [0, 0.05) is 55.9 Å². The minimum atomic E-state index is -0.611. The molecule has 0 aromatic rings. The third-order valence-electron chi connectivity index (χ3n) is 15.9. The zero-order valence-electron chi connectivity index (χ0n) is 30.5. The molecule has 2 aliphatic heterocycles. The molecule has 16 unspecified atom stereocenters. The lowest BCUT2D eigenvalue weighted by atomic mass is 9.34. The van der Waals surface area contributed by atoms with Gasteiger partial charge < -0.3 is 19.8 Å². The highest BCUT2D eigenvalue weighted by atomic mass is 16.5. The second-order valence-electron chi connectivity index (χ2n) is 18.8. The molecule has 2 N–H and O–H groups in total. The summed E-state index contributed by atoms with van der Waals surface area (Å²) in [4.78, 5) is 20.2. The standard InChI is InChI=1S/C39H68N2O4/c1-22(2)28-17-29(31-12-11-27(45-31)20-41-15-13-40(10)14-16-41)24(4)33-30(28)19-37(7)21-38(8)18-23(3)32(26(6)42)36(44)39(38,9)25(5)34(37)35(33)43/h22-34,36,42,44H,11-21H2,1-10H3. The lowest BCUT2D eigenvalue weighted by Gasteiger charge is -2.70. The van der Waals surface area contributed by atoms with E-state index in [1.807, 2.05) is 6.92 Å². The summed E-state index contributed by atoms with van der Waals surface area (Å²) in [5, 5.41) is 22.9. The summed E-state index contributed by atoms with van der Waals surface area (Å²) in [6.45, 7) is 26.3. The quantitative estimate of drug-likeness (QED) is 0.390. The molecule has 2 saturated heterocycles. The molecule has 4 saturated carbocycles. The van der Waals surface area contributed by atoms with Gasteiger partial charge >= 0.3 is 0 Å². The van der Waals surface area contributed by atoms with Gasteiger partial charge in [-0.25, -0.2) is 0 Å². The monoisotopic (exact) mass is 629 g/mol. The Morgan fingerprint density at radius 1 is 0.978 bits per heavy atom. The zero-order chi connectivity index (χ0) is 32.8. The predicted octanol–water partition coefficient (Wildman–Crippen LogP) is 5.99. The van der Waals surface area contributed by atoms with Gasteiger partial charge in [0.2, 0.25) is 0 Å². The number of aliphatic hydroxyl groups is 2. The Hall–Kier alpha value is -0.530. The van der Waals surface area contributed by atoms with Crippen molar-refractivity contribution in [1.82, 2.24) is 9.80 Å². The third kappa shape index (κ3) is 5.42. The van der Waals surface area contributed by atoms with Crippen LogP contribution in [-0.2, 0) is 9.53 Å². The average Bonchev–Trinajstić information content (AvgIpc) is 3.39. The molecule has 6 aliphatic rings. The molecule has 4 aliphatic carbocycles. The van der Waals surface area contributed by atoms with Crippen LogP contribution in [0.5, 0.6) is 0 Å². The van der Waals surface area contributed by atoms with Crippen LogP contribution in [0.25, 0.3) is 0 Å². The zero-order valence-corrected chi connectivity index (χ0v) is 30.5. The molecule has 0 aromatic carbocycles. The van der Waals surface area contributed by atoms with Gasteiger partial charge in [0.15, 0.2) is 0 Å². The van der Waals surface area contributed by atoms with Crippen LogP contribution in [-0.4, -0.2) is 90.0 Å². The number of likely N-dealkylation sites (N-methyl/N-ethyl adjacent to an activating group) is 1. The summed E-state index contributed by atoms with van der Waals surface area (Å²) in [6, 6.07) is 0. The number of nitrogens with zero attached hydrogens (tertiary/aromatic N) is 2. The molecule has 0 bridgehead atoms. The maximum Gasteiger partial charge on any atom is 0.140 e. The highest BCUT2D eigenvalue weighted by Gasteiger charge is 2.71. The van der Waals surface area contributed by atoms with E-state index in [0.717, 1.165) is 64.8 Å². The van der Waals surface area contributed by atoms with E-state index in [2.05, 4.69) is 72.2 Å². The molecule has 6 rings (SSSR count). The normalized spacial score (nSPS) is 53.6. The molecule has 0 aromatic heterocycles. The van der Waals surface area contributed by atoms with E-state index in [1.54, 1.807) is 0 Å². The number of Topliss-reactive ketones (excluding diaryl/α,β-unsaturated/α-hetero) is 1.